The maximum absolute atomic E-state index is 4.17. The van der Waals surface area contributed by atoms with E-state index >= 15 is 0 Å². The molecule has 0 radical (unpaired) electrons. The number of hydrogen-bond acceptors (Lipinski definition) is 2. The molecular weight excluding hydrogens is 162 g/mol. The number of aryl methyl sites for hydroxylation is 1. The van der Waals surface area contributed by atoms with E-state index in [1.807, 2.05) is 20.0 Å². The number of nitrogens with one attached hydrogen (secondary N) is 1. The maximum atomic E-state index is 4.17. The molecule has 0 aliphatic heterocycles. The monoisotopic (exact) mass is 177 g/mol. The van der Waals surface area contributed by atoms with E-state index < -0.39 is 0 Å². The van der Waals surface area contributed by atoms with Crippen molar-refractivity contribution in [1.29, 1.82) is 0 Å². The minimum Gasteiger partial charge on any atom is -0.343 e. The van der Waals surface area contributed by atoms with Gasteiger partial charge in [-0.15, -0.1) is 0 Å². The molecule has 0 fully saturated rings. The summed E-state index contributed by atoms with van der Waals surface area (Å²) < 4.78 is 0. The summed E-state index contributed by atoms with van der Waals surface area (Å²) in [4.78, 5) is 11.2. The zero-order valence-corrected chi connectivity index (χ0v) is 8.33. The van der Waals surface area contributed by atoms with Crippen molar-refractivity contribution in [2.24, 2.45) is 0 Å². The van der Waals surface area contributed by atoms with Crippen LogP contribution in [-0.4, -0.2) is 15.0 Å². The summed E-state index contributed by atoms with van der Waals surface area (Å²) in [6, 6.07) is 2.08. The van der Waals surface area contributed by atoms with Crippen molar-refractivity contribution in [3.8, 4) is 0 Å². The highest BCUT2D eigenvalue weighted by molar-refractivity contribution is 5.69. The first-order valence-corrected chi connectivity index (χ1v) is 4.68. The Kier molecular flexibility index (Phi) is 3.43. The molecule has 1 N–H and O–H groups in total. The van der Waals surface area contributed by atoms with Gasteiger partial charge >= 0.3 is 0 Å². The van der Waals surface area contributed by atoms with Gasteiger partial charge in [-0.05, 0) is 18.1 Å². The van der Waals surface area contributed by atoms with Crippen LogP contribution in [0.15, 0.2) is 18.6 Å². The number of aromatic amines is 1. The number of H-pyrrole nitrogens is 1. The molecule has 13 heavy (non-hydrogen) atoms. The normalized spacial score (nSPS) is 9.46. The smallest absolute Gasteiger partial charge is 0.177 e. The Morgan fingerprint density at radius 1 is 1.31 bits per heavy atom. The summed E-state index contributed by atoms with van der Waals surface area (Å²) in [6.45, 7) is 6.11. The van der Waals surface area contributed by atoms with E-state index in [1.165, 1.54) is 5.56 Å². The van der Waals surface area contributed by atoms with Crippen molar-refractivity contribution in [2.45, 2.75) is 27.2 Å². The fraction of sp³-hybridized carbons (Fsp3) is 0.400. The molecule has 0 unspecified atom stereocenters. The molecule has 0 saturated heterocycles. The van der Waals surface area contributed by atoms with E-state index in [4.69, 9.17) is 0 Å². The molecule has 0 atom stereocenters. The van der Waals surface area contributed by atoms with Crippen LogP contribution < -0.4 is 0 Å². The molecule has 0 aliphatic carbocycles. The average molecular weight is 177 g/mol. The van der Waals surface area contributed by atoms with E-state index in [0.29, 0.717) is 0 Å². The predicted octanol–water partition coefficient (Wildman–Crippen LogP) is 2.55. The van der Waals surface area contributed by atoms with Crippen LogP contribution >= 0.6 is 0 Å². The number of nitrogens with zero attached hydrogens (tertiary/aromatic N) is 2. The molecule has 2 aromatic rings. The topological polar surface area (TPSA) is 41.6 Å². The van der Waals surface area contributed by atoms with Gasteiger partial charge < -0.3 is 4.98 Å². The van der Waals surface area contributed by atoms with Crippen molar-refractivity contribution in [3.05, 3.63) is 24.2 Å². The first-order chi connectivity index (χ1) is 6.40. The maximum Gasteiger partial charge on any atom is 0.177 e. The number of hydrogen-bond donors (Lipinski definition) is 1. The van der Waals surface area contributed by atoms with Gasteiger partial charge in [0.1, 0.15) is 0 Å². The van der Waals surface area contributed by atoms with E-state index in [9.17, 15) is 0 Å². The van der Waals surface area contributed by atoms with Crippen LogP contribution in [0.2, 0.25) is 0 Å². The Hall–Kier alpha value is -1.38. The second-order valence-corrected chi connectivity index (χ2v) is 2.47. The van der Waals surface area contributed by atoms with E-state index in [1.54, 1.807) is 6.33 Å². The molecule has 2 heterocycles. The Morgan fingerprint density at radius 3 is 2.77 bits per heavy atom. The molecule has 0 aliphatic rings. The van der Waals surface area contributed by atoms with Gasteiger partial charge in [-0.3, -0.25) is 0 Å². The van der Waals surface area contributed by atoms with E-state index in [2.05, 4.69) is 27.9 Å². The molecule has 2 rings (SSSR count). The van der Waals surface area contributed by atoms with Crippen LogP contribution in [0, 0.1) is 0 Å². The summed E-state index contributed by atoms with van der Waals surface area (Å²) in [5.41, 5.74) is 3.05. The first-order valence-electron chi connectivity index (χ1n) is 4.68. The fourth-order valence-electron chi connectivity index (χ4n) is 1.07. The number of aromatic nitrogens is 3. The summed E-state index contributed by atoms with van der Waals surface area (Å²) in [5, 5.41) is 0. The zero-order valence-electron chi connectivity index (χ0n) is 8.33. The summed E-state index contributed by atoms with van der Waals surface area (Å²) in [6.07, 6.45) is 4.54. The van der Waals surface area contributed by atoms with Gasteiger partial charge in [0, 0.05) is 6.20 Å². The Balaban J connectivity index is 0.000000396. The van der Waals surface area contributed by atoms with Crippen LogP contribution in [0.1, 0.15) is 26.3 Å². The second-order valence-electron chi connectivity index (χ2n) is 2.47. The number of fused-ring (bicyclic) bond motifs is 1. The highest BCUT2D eigenvalue weighted by Crippen LogP contribution is 2.07. The Morgan fingerprint density at radius 2 is 2.08 bits per heavy atom. The lowest BCUT2D eigenvalue weighted by Crippen LogP contribution is -1.82. The molecule has 0 amide bonds. The van der Waals surface area contributed by atoms with Gasteiger partial charge in [-0.1, -0.05) is 20.8 Å². The Bertz CT molecular complexity index is 365. The van der Waals surface area contributed by atoms with Gasteiger partial charge in [-0.25, -0.2) is 9.97 Å². The van der Waals surface area contributed by atoms with Gasteiger partial charge in [0.2, 0.25) is 0 Å². The van der Waals surface area contributed by atoms with Crippen molar-refractivity contribution < 1.29 is 0 Å². The standard InChI is InChI=1S/C8H9N3.C2H6/c1-2-6-3-7-8(9-4-6)11-5-10-7;1-2/h3-5H,2H2,1H3,(H,9,10,11);1-2H3. The van der Waals surface area contributed by atoms with Crippen molar-refractivity contribution >= 4 is 11.2 Å². The van der Waals surface area contributed by atoms with Crippen LogP contribution in [-0.2, 0) is 6.42 Å². The SMILES string of the molecule is CC.CCc1cnc2nc[nH]c2c1. The molecule has 3 nitrogen and oxygen atoms in total. The largest absolute Gasteiger partial charge is 0.343 e. The molecular formula is C10H15N3. The summed E-state index contributed by atoms with van der Waals surface area (Å²) in [7, 11) is 0. The molecule has 2 aromatic heterocycles. The molecule has 0 bridgehead atoms. The fourth-order valence-corrected chi connectivity index (χ4v) is 1.07. The van der Waals surface area contributed by atoms with Gasteiger partial charge in [0.05, 0.1) is 11.8 Å². The van der Waals surface area contributed by atoms with Crippen LogP contribution in [0.5, 0.6) is 0 Å². The average Bonchev–Trinajstić information content (AvgIpc) is 2.67. The minimum absolute atomic E-state index is 0.794. The third kappa shape index (κ3) is 2.05. The lowest BCUT2D eigenvalue weighted by Gasteiger charge is -1.92. The van der Waals surface area contributed by atoms with Crippen molar-refractivity contribution in [3.63, 3.8) is 0 Å². The van der Waals surface area contributed by atoms with Crippen LogP contribution in [0.25, 0.3) is 11.2 Å². The van der Waals surface area contributed by atoms with E-state index in [0.717, 1.165) is 17.6 Å². The molecule has 3 heteroatoms. The van der Waals surface area contributed by atoms with Crippen LogP contribution in [0.4, 0.5) is 0 Å². The van der Waals surface area contributed by atoms with Crippen LogP contribution in [0.3, 0.4) is 0 Å². The lowest BCUT2D eigenvalue weighted by molar-refractivity contribution is 1.12. The summed E-state index contributed by atoms with van der Waals surface area (Å²) >= 11 is 0. The van der Waals surface area contributed by atoms with Crippen molar-refractivity contribution in [1.82, 2.24) is 15.0 Å². The molecule has 0 spiro atoms. The van der Waals surface area contributed by atoms with Gasteiger partial charge in [-0.2, -0.15) is 0 Å². The zero-order chi connectivity index (χ0) is 9.68. The lowest BCUT2D eigenvalue weighted by atomic mass is 10.2. The summed E-state index contributed by atoms with van der Waals surface area (Å²) in [5.74, 6) is 0. The highest BCUT2D eigenvalue weighted by Gasteiger charge is 1.96. The van der Waals surface area contributed by atoms with Gasteiger partial charge in [0.25, 0.3) is 0 Å². The third-order valence-corrected chi connectivity index (χ3v) is 1.74. The van der Waals surface area contributed by atoms with E-state index in [-0.39, 0.29) is 0 Å². The highest BCUT2D eigenvalue weighted by atomic mass is 14.9. The molecule has 0 aromatic carbocycles. The predicted molar refractivity (Wildman–Crippen MR) is 54.6 cm³/mol. The molecule has 0 saturated carbocycles. The number of rotatable bonds is 1. The van der Waals surface area contributed by atoms with Crippen molar-refractivity contribution in [2.75, 3.05) is 0 Å². The number of pyridine rings is 1. The van der Waals surface area contributed by atoms with Gasteiger partial charge in [0.15, 0.2) is 5.65 Å². The third-order valence-electron chi connectivity index (χ3n) is 1.74. The Labute approximate surface area is 78.2 Å². The number of imidazole rings is 1. The minimum atomic E-state index is 0.794. The first kappa shape index (κ1) is 9.71. The quantitative estimate of drug-likeness (QED) is 0.727. The molecule has 70 valence electrons. The second kappa shape index (κ2) is 4.60.